The maximum Gasteiger partial charge on any atom is 0.251 e. The Hall–Kier alpha value is -1.65. The molecule has 0 unspecified atom stereocenters. The van der Waals surface area contributed by atoms with Crippen LogP contribution in [0.5, 0.6) is 0 Å². The summed E-state index contributed by atoms with van der Waals surface area (Å²) in [5.41, 5.74) is 2.98. The van der Waals surface area contributed by atoms with Crippen LogP contribution in [0.3, 0.4) is 0 Å². The summed E-state index contributed by atoms with van der Waals surface area (Å²) in [5, 5.41) is 5.15. The smallest absolute Gasteiger partial charge is 0.251 e. The molecular formula is C15H12ClNO2S. The van der Waals surface area contributed by atoms with E-state index in [9.17, 15) is 9.59 Å². The number of carbonyl (C=O) groups is 2. The van der Waals surface area contributed by atoms with Gasteiger partial charge in [-0.25, -0.2) is 0 Å². The van der Waals surface area contributed by atoms with E-state index < -0.39 is 0 Å². The zero-order valence-corrected chi connectivity index (χ0v) is 12.4. The number of fused-ring (bicyclic) bond motifs is 1. The molecule has 0 bridgehead atoms. The van der Waals surface area contributed by atoms with Gasteiger partial charge < -0.3 is 5.32 Å². The van der Waals surface area contributed by atoms with E-state index in [1.807, 2.05) is 18.4 Å². The minimum absolute atomic E-state index is 0.116. The van der Waals surface area contributed by atoms with E-state index >= 15 is 0 Å². The van der Waals surface area contributed by atoms with Crippen LogP contribution in [-0.4, -0.2) is 18.2 Å². The van der Waals surface area contributed by atoms with Crippen LogP contribution in [-0.2, 0) is 6.42 Å². The molecule has 1 aliphatic heterocycles. The van der Waals surface area contributed by atoms with Crippen molar-refractivity contribution in [3.05, 3.63) is 55.7 Å². The zero-order chi connectivity index (χ0) is 14.3. The van der Waals surface area contributed by atoms with Crippen molar-refractivity contribution in [3.63, 3.8) is 0 Å². The van der Waals surface area contributed by atoms with Crippen molar-refractivity contribution < 1.29 is 9.59 Å². The zero-order valence-electron chi connectivity index (χ0n) is 10.8. The van der Waals surface area contributed by atoms with Gasteiger partial charge in [0.25, 0.3) is 5.91 Å². The molecule has 1 amide bonds. The Morgan fingerprint density at radius 3 is 2.90 bits per heavy atom. The van der Waals surface area contributed by atoms with Gasteiger partial charge in [-0.05, 0) is 35.9 Å². The topological polar surface area (TPSA) is 46.2 Å². The quantitative estimate of drug-likeness (QED) is 0.866. The molecule has 1 aromatic heterocycles. The number of hydrogen-bond donors (Lipinski definition) is 1. The number of ketones is 1. The molecule has 102 valence electrons. The van der Waals surface area contributed by atoms with Crippen LogP contribution in [0, 0.1) is 6.92 Å². The molecule has 0 atom stereocenters. The third-order valence-electron chi connectivity index (χ3n) is 3.40. The van der Waals surface area contributed by atoms with Gasteiger partial charge in [0.15, 0.2) is 0 Å². The highest BCUT2D eigenvalue weighted by atomic mass is 35.5. The van der Waals surface area contributed by atoms with Crippen LogP contribution in [0.1, 0.15) is 36.7 Å². The number of rotatable bonds is 2. The third kappa shape index (κ3) is 2.15. The van der Waals surface area contributed by atoms with Crippen LogP contribution < -0.4 is 5.32 Å². The van der Waals surface area contributed by atoms with Crippen molar-refractivity contribution in [2.75, 3.05) is 6.54 Å². The third-order valence-corrected chi connectivity index (χ3v) is 5.10. The number of thiophene rings is 1. The van der Waals surface area contributed by atoms with E-state index in [2.05, 4.69) is 5.32 Å². The molecule has 0 saturated carbocycles. The lowest BCUT2D eigenvalue weighted by Crippen LogP contribution is -2.32. The monoisotopic (exact) mass is 305 g/mol. The summed E-state index contributed by atoms with van der Waals surface area (Å²) >= 11 is 7.47. The van der Waals surface area contributed by atoms with E-state index in [4.69, 9.17) is 11.6 Å². The Kier molecular flexibility index (Phi) is 3.36. The molecule has 0 saturated heterocycles. The van der Waals surface area contributed by atoms with Gasteiger partial charge in [-0.1, -0.05) is 23.7 Å². The van der Waals surface area contributed by atoms with Gasteiger partial charge in [-0.15, -0.1) is 11.3 Å². The van der Waals surface area contributed by atoms with E-state index in [1.54, 1.807) is 12.1 Å². The molecule has 2 heterocycles. The first-order valence-electron chi connectivity index (χ1n) is 6.27. The summed E-state index contributed by atoms with van der Waals surface area (Å²) in [6.45, 7) is 2.52. The first-order chi connectivity index (χ1) is 9.58. The molecule has 0 fully saturated rings. The summed E-state index contributed by atoms with van der Waals surface area (Å²) in [4.78, 5) is 24.8. The van der Waals surface area contributed by atoms with E-state index in [1.165, 1.54) is 11.3 Å². The molecule has 20 heavy (non-hydrogen) atoms. The molecule has 0 radical (unpaired) electrons. The van der Waals surface area contributed by atoms with Gasteiger partial charge in [-0.2, -0.15) is 0 Å². The first kappa shape index (κ1) is 13.3. The van der Waals surface area contributed by atoms with E-state index in [0.717, 1.165) is 17.5 Å². The Balaban J connectivity index is 2.03. The number of amides is 1. The van der Waals surface area contributed by atoms with Gasteiger partial charge in [0.1, 0.15) is 0 Å². The number of aryl methyl sites for hydroxylation is 1. The standard InChI is InChI=1S/C15H12ClNO2S/c1-8-7-20-14(12(8)16)13(18)10-3-2-9-4-5-17-15(19)11(9)6-10/h2-3,6-7H,4-5H2,1H3,(H,17,19). The van der Waals surface area contributed by atoms with Crippen molar-refractivity contribution in [3.8, 4) is 0 Å². The van der Waals surface area contributed by atoms with E-state index in [-0.39, 0.29) is 11.7 Å². The number of carbonyl (C=O) groups excluding carboxylic acids is 2. The maximum absolute atomic E-state index is 12.5. The Labute approximate surface area is 125 Å². The van der Waals surface area contributed by atoms with Gasteiger partial charge in [-0.3, -0.25) is 9.59 Å². The number of halogens is 1. The molecule has 0 spiro atoms. The van der Waals surface area contributed by atoms with Crippen molar-refractivity contribution in [2.24, 2.45) is 0 Å². The number of nitrogens with one attached hydrogen (secondary N) is 1. The fourth-order valence-electron chi connectivity index (χ4n) is 2.27. The molecule has 5 heteroatoms. The molecular weight excluding hydrogens is 294 g/mol. The average molecular weight is 306 g/mol. The van der Waals surface area contributed by atoms with Crippen LogP contribution in [0.2, 0.25) is 5.02 Å². The highest BCUT2D eigenvalue weighted by molar-refractivity contribution is 7.13. The summed E-state index contributed by atoms with van der Waals surface area (Å²) in [6, 6.07) is 5.29. The van der Waals surface area contributed by atoms with Crippen molar-refractivity contribution >= 4 is 34.6 Å². The molecule has 3 rings (SSSR count). The summed E-state index contributed by atoms with van der Waals surface area (Å²) in [6.07, 6.45) is 0.800. The van der Waals surface area contributed by atoms with E-state index in [0.29, 0.717) is 27.6 Å². The Morgan fingerprint density at radius 1 is 1.40 bits per heavy atom. The molecule has 3 nitrogen and oxygen atoms in total. The molecule has 1 N–H and O–H groups in total. The van der Waals surface area contributed by atoms with Crippen LogP contribution in [0.4, 0.5) is 0 Å². The lowest BCUT2D eigenvalue weighted by Gasteiger charge is -2.16. The highest BCUT2D eigenvalue weighted by Gasteiger charge is 2.21. The summed E-state index contributed by atoms with van der Waals surface area (Å²) in [7, 11) is 0. The number of hydrogen-bond acceptors (Lipinski definition) is 3. The normalized spacial score (nSPS) is 13.8. The summed E-state index contributed by atoms with van der Waals surface area (Å²) in [5.74, 6) is -0.247. The van der Waals surface area contributed by atoms with Crippen molar-refractivity contribution in [1.29, 1.82) is 0 Å². The fraction of sp³-hybridized carbons (Fsp3) is 0.200. The second-order valence-corrected chi connectivity index (χ2v) is 6.03. The average Bonchev–Trinajstić information content (AvgIpc) is 2.78. The Bertz CT molecular complexity index is 721. The Morgan fingerprint density at radius 2 is 2.20 bits per heavy atom. The minimum Gasteiger partial charge on any atom is -0.352 e. The van der Waals surface area contributed by atoms with Gasteiger partial charge in [0, 0.05) is 17.7 Å². The second-order valence-electron chi connectivity index (χ2n) is 4.77. The van der Waals surface area contributed by atoms with Crippen molar-refractivity contribution in [2.45, 2.75) is 13.3 Å². The van der Waals surface area contributed by atoms with Gasteiger partial charge >= 0.3 is 0 Å². The predicted octanol–water partition coefficient (Wildman–Crippen LogP) is 3.23. The SMILES string of the molecule is Cc1csc(C(=O)c2ccc3c(c2)C(=O)NCC3)c1Cl. The van der Waals surface area contributed by atoms with Gasteiger partial charge in [0.05, 0.1) is 9.90 Å². The van der Waals surface area contributed by atoms with Crippen LogP contribution >= 0.6 is 22.9 Å². The molecule has 0 aliphatic carbocycles. The minimum atomic E-state index is -0.130. The number of benzene rings is 1. The first-order valence-corrected chi connectivity index (χ1v) is 7.53. The van der Waals surface area contributed by atoms with Crippen LogP contribution in [0.25, 0.3) is 0 Å². The summed E-state index contributed by atoms with van der Waals surface area (Å²) < 4.78 is 0. The molecule has 1 aromatic carbocycles. The maximum atomic E-state index is 12.5. The fourth-order valence-corrected chi connectivity index (χ4v) is 3.51. The van der Waals surface area contributed by atoms with Crippen molar-refractivity contribution in [1.82, 2.24) is 5.32 Å². The lowest BCUT2D eigenvalue weighted by atomic mass is 9.96. The van der Waals surface area contributed by atoms with Gasteiger partial charge in [0.2, 0.25) is 5.78 Å². The second kappa shape index (κ2) is 5.04. The lowest BCUT2D eigenvalue weighted by molar-refractivity contribution is 0.0946. The molecule has 2 aromatic rings. The largest absolute Gasteiger partial charge is 0.352 e. The highest BCUT2D eigenvalue weighted by Crippen LogP contribution is 2.30. The predicted molar refractivity (Wildman–Crippen MR) is 80.0 cm³/mol. The van der Waals surface area contributed by atoms with Crippen LogP contribution in [0.15, 0.2) is 23.6 Å². The molecule has 1 aliphatic rings.